The highest BCUT2D eigenvalue weighted by Crippen LogP contribution is 2.43. The number of amides is 3. The van der Waals surface area contributed by atoms with Gasteiger partial charge in [0.25, 0.3) is 5.91 Å². The Kier molecular flexibility index (Phi) is 6.87. The molecule has 0 radical (unpaired) electrons. The number of ether oxygens (including phenoxy) is 1. The van der Waals surface area contributed by atoms with Crippen LogP contribution in [0.1, 0.15) is 61.5 Å². The number of nitrogens with one attached hydrogen (secondary N) is 2. The summed E-state index contributed by atoms with van der Waals surface area (Å²) in [6.07, 6.45) is 3.28. The van der Waals surface area contributed by atoms with Crippen molar-refractivity contribution in [3.63, 3.8) is 0 Å². The second-order valence-corrected chi connectivity index (χ2v) is 11.5. The molecule has 38 heavy (non-hydrogen) atoms. The van der Waals surface area contributed by atoms with E-state index in [9.17, 15) is 19.6 Å². The molecule has 2 N–H and O–H groups in total. The molecular formula is C30H34N4O4. The highest BCUT2D eigenvalue weighted by atomic mass is 16.6. The predicted molar refractivity (Wildman–Crippen MR) is 142 cm³/mol. The topological polar surface area (TPSA) is 112 Å². The van der Waals surface area contributed by atoms with E-state index < -0.39 is 23.8 Å². The van der Waals surface area contributed by atoms with Gasteiger partial charge < -0.3 is 15.4 Å². The Balaban J connectivity index is 1.25. The summed E-state index contributed by atoms with van der Waals surface area (Å²) < 4.78 is 5.59. The molecule has 2 aromatic rings. The molecule has 0 aromatic heterocycles. The number of nitrogens with zero attached hydrogens (tertiary/aromatic N) is 2. The molecule has 198 valence electrons. The first-order valence-electron chi connectivity index (χ1n) is 13.3. The quantitative estimate of drug-likeness (QED) is 0.627. The molecule has 3 aliphatic rings. The summed E-state index contributed by atoms with van der Waals surface area (Å²) in [5.41, 5.74) is 3.97. The van der Waals surface area contributed by atoms with Gasteiger partial charge in [-0.2, -0.15) is 5.26 Å². The number of piperidine rings is 1. The van der Waals surface area contributed by atoms with Gasteiger partial charge in [-0.15, -0.1) is 0 Å². The molecule has 2 aliphatic heterocycles. The van der Waals surface area contributed by atoms with Crippen LogP contribution in [0.2, 0.25) is 0 Å². The number of hydrogen-bond acceptors (Lipinski definition) is 5. The van der Waals surface area contributed by atoms with Crippen molar-refractivity contribution in [2.45, 2.75) is 76.6 Å². The van der Waals surface area contributed by atoms with Crippen molar-refractivity contribution in [3.05, 3.63) is 59.2 Å². The molecule has 8 nitrogen and oxygen atoms in total. The number of hydrogen-bond donors (Lipinski definition) is 2. The number of likely N-dealkylation sites (tertiary alicyclic amines) is 1. The number of rotatable bonds is 5. The Labute approximate surface area is 223 Å². The van der Waals surface area contributed by atoms with Gasteiger partial charge in [0.15, 0.2) is 0 Å². The van der Waals surface area contributed by atoms with Crippen LogP contribution in [0.5, 0.6) is 0 Å². The average molecular weight is 515 g/mol. The molecule has 2 fully saturated rings. The lowest BCUT2D eigenvalue weighted by molar-refractivity contribution is -0.128. The number of carbonyl (C=O) groups is 3. The largest absolute Gasteiger partial charge is 0.444 e. The smallest absolute Gasteiger partial charge is 0.411 e. The van der Waals surface area contributed by atoms with Crippen molar-refractivity contribution in [2.75, 3.05) is 6.54 Å². The van der Waals surface area contributed by atoms with Gasteiger partial charge in [-0.25, -0.2) is 4.79 Å². The molecule has 1 saturated carbocycles. The van der Waals surface area contributed by atoms with Crippen LogP contribution in [0.3, 0.4) is 0 Å². The third kappa shape index (κ3) is 5.24. The number of fused-ring (bicyclic) bond motifs is 3. The average Bonchev–Trinajstić information content (AvgIpc) is 3.50. The Hall–Kier alpha value is -3.86. The molecule has 0 spiro atoms. The fraction of sp³-hybridized carbons (Fsp3) is 0.467. The van der Waals surface area contributed by atoms with E-state index in [1.54, 1.807) is 4.90 Å². The normalized spacial score (nSPS) is 22.7. The van der Waals surface area contributed by atoms with E-state index in [4.69, 9.17) is 4.74 Å². The highest BCUT2D eigenvalue weighted by Gasteiger charge is 2.52. The minimum absolute atomic E-state index is 0.00773. The fourth-order valence-electron chi connectivity index (χ4n) is 5.95. The van der Waals surface area contributed by atoms with Gasteiger partial charge in [0, 0.05) is 24.6 Å². The summed E-state index contributed by atoms with van der Waals surface area (Å²) in [6, 6.07) is 14.6. The minimum Gasteiger partial charge on any atom is -0.444 e. The van der Waals surface area contributed by atoms with Crippen LogP contribution in [0.25, 0.3) is 11.1 Å². The lowest BCUT2D eigenvalue weighted by Gasteiger charge is -2.35. The Morgan fingerprint density at radius 1 is 1.16 bits per heavy atom. The Morgan fingerprint density at radius 3 is 2.61 bits per heavy atom. The molecule has 1 aliphatic carbocycles. The van der Waals surface area contributed by atoms with Crippen molar-refractivity contribution in [3.8, 4) is 17.2 Å². The molecule has 2 heterocycles. The summed E-state index contributed by atoms with van der Waals surface area (Å²) in [6.45, 7) is 6.10. The maximum Gasteiger partial charge on any atom is 0.411 e. The molecule has 1 saturated heterocycles. The molecule has 2 bridgehead atoms. The molecule has 2 aromatic carbocycles. The fourth-order valence-corrected chi connectivity index (χ4v) is 5.95. The molecule has 4 unspecified atom stereocenters. The van der Waals surface area contributed by atoms with E-state index in [0.29, 0.717) is 18.5 Å². The highest BCUT2D eigenvalue weighted by molar-refractivity contribution is 5.98. The van der Waals surface area contributed by atoms with Crippen molar-refractivity contribution >= 4 is 17.9 Å². The van der Waals surface area contributed by atoms with Crippen molar-refractivity contribution < 1.29 is 19.1 Å². The van der Waals surface area contributed by atoms with E-state index in [0.717, 1.165) is 47.9 Å². The maximum atomic E-state index is 13.3. The van der Waals surface area contributed by atoms with E-state index >= 15 is 0 Å². The summed E-state index contributed by atoms with van der Waals surface area (Å²) in [5.74, 6) is -0.249. The monoisotopic (exact) mass is 514 g/mol. The van der Waals surface area contributed by atoms with Crippen molar-refractivity contribution in [1.29, 1.82) is 5.26 Å². The van der Waals surface area contributed by atoms with Crippen LogP contribution in [-0.4, -0.2) is 53.1 Å². The molecule has 8 heteroatoms. The van der Waals surface area contributed by atoms with Crippen LogP contribution in [0.15, 0.2) is 42.5 Å². The second-order valence-electron chi connectivity index (χ2n) is 11.5. The van der Waals surface area contributed by atoms with Gasteiger partial charge in [0.05, 0.1) is 6.07 Å². The zero-order valence-electron chi connectivity index (χ0n) is 22.1. The first-order valence-corrected chi connectivity index (χ1v) is 13.3. The standard InChI is InChI=1S/C30H34N4O4/c1-30(2,3)38-29(37)34-24-11-10-22(15-24)26(34)28(36)33-23(17-31)14-18-4-6-19(7-5-18)21-9-8-20-12-13-32-27(35)25(20)16-21/h4-9,16,22-24,26H,10-15H2,1-3H3,(H,32,35)(H,33,36). The zero-order valence-corrected chi connectivity index (χ0v) is 22.1. The van der Waals surface area contributed by atoms with Gasteiger partial charge in [0.2, 0.25) is 5.91 Å². The number of carbonyl (C=O) groups excluding carboxylic acids is 3. The maximum absolute atomic E-state index is 13.3. The van der Waals surface area contributed by atoms with Crippen LogP contribution < -0.4 is 10.6 Å². The number of benzene rings is 2. The van der Waals surface area contributed by atoms with E-state index in [1.807, 2.05) is 63.2 Å². The molecular weight excluding hydrogens is 480 g/mol. The van der Waals surface area contributed by atoms with Gasteiger partial charge in [-0.05, 0) is 80.7 Å². The Bertz CT molecular complexity index is 1290. The number of nitriles is 1. The predicted octanol–water partition coefficient (Wildman–Crippen LogP) is 3.98. The molecule has 4 atom stereocenters. The van der Waals surface area contributed by atoms with Crippen molar-refractivity contribution in [2.24, 2.45) is 5.92 Å². The lowest BCUT2D eigenvalue weighted by atomic mass is 9.94. The summed E-state index contributed by atoms with van der Waals surface area (Å²) >= 11 is 0. The van der Waals surface area contributed by atoms with E-state index in [-0.39, 0.29) is 23.8 Å². The summed E-state index contributed by atoms with van der Waals surface area (Å²) in [5, 5.41) is 15.6. The SMILES string of the molecule is CC(C)(C)OC(=O)N1C2CCC(C2)C1C(=O)NC(C#N)Cc1ccc(-c2ccc3c(c2)C(=O)NCC3)cc1. The first-order chi connectivity index (χ1) is 18.1. The minimum atomic E-state index is -0.722. The molecule has 3 amide bonds. The first kappa shape index (κ1) is 25.8. The van der Waals surface area contributed by atoms with Crippen LogP contribution in [0.4, 0.5) is 4.79 Å². The van der Waals surface area contributed by atoms with Crippen LogP contribution in [-0.2, 0) is 22.4 Å². The zero-order chi connectivity index (χ0) is 27.0. The van der Waals surface area contributed by atoms with E-state index in [1.165, 1.54) is 0 Å². The molecule has 5 rings (SSSR count). The van der Waals surface area contributed by atoms with Crippen molar-refractivity contribution in [1.82, 2.24) is 15.5 Å². The second kappa shape index (κ2) is 10.1. The van der Waals surface area contributed by atoms with Crippen LogP contribution in [0, 0.1) is 17.2 Å². The lowest BCUT2D eigenvalue weighted by Crippen LogP contribution is -2.55. The Morgan fingerprint density at radius 2 is 1.89 bits per heavy atom. The van der Waals surface area contributed by atoms with Gasteiger partial charge >= 0.3 is 6.09 Å². The van der Waals surface area contributed by atoms with Gasteiger partial charge in [0.1, 0.15) is 17.7 Å². The van der Waals surface area contributed by atoms with E-state index in [2.05, 4.69) is 16.7 Å². The van der Waals surface area contributed by atoms with Gasteiger partial charge in [-0.1, -0.05) is 36.4 Å². The third-order valence-corrected chi connectivity index (χ3v) is 7.69. The summed E-state index contributed by atoms with van der Waals surface area (Å²) in [7, 11) is 0. The van der Waals surface area contributed by atoms with Gasteiger partial charge in [-0.3, -0.25) is 14.5 Å². The third-order valence-electron chi connectivity index (χ3n) is 7.69. The van der Waals surface area contributed by atoms with Crippen LogP contribution >= 0.6 is 0 Å². The summed E-state index contributed by atoms with van der Waals surface area (Å²) in [4.78, 5) is 40.0.